The zero-order valence-electron chi connectivity index (χ0n) is 23.5. The second-order valence-electron chi connectivity index (χ2n) is 14.6. The van der Waals surface area contributed by atoms with E-state index < -0.39 is 23.2 Å². The van der Waals surface area contributed by atoms with Crippen molar-refractivity contribution in [1.82, 2.24) is 0 Å². The van der Waals surface area contributed by atoms with E-state index in [9.17, 15) is 27.9 Å². The molecule has 0 aliphatic heterocycles. The number of fused-ring (bicyclic) bond motifs is 5. The van der Waals surface area contributed by atoms with Gasteiger partial charge in [-0.3, -0.25) is 9.59 Å². The molecule has 4 aliphatic carbocycles. The number of alkyl halides is 3. The molecule has 0 spiro atoms. The lowest BCUT2D eigenvalue weighted by Gasteiger charge is -2.62. The molecular weight excluding hydrogens is 481 g/mol. The zero-order valence-corrected chi connectivity index (χ0v) is 23.5. The highest BCUT2D eigenvalue weighted by Crippen LogP contribution is 2.69. The minimum absolute atomic E-state index is 0.0480. The molecule has 1 unspecified atom stereocenters. The van der Waals surface area contributed by atoms with E-state index in [-0.39, 0.29) is 35.6 Å². The number of halogens is 3. The molecule has 9 atom stereocenters. The highest BCUT2D eigenvalue weighted by molar-refractivity contribution is 5.92. The Balaban J connectivity index is 1.43. The van der Waals surface area contributed by atoms with Gasteiger partial charge < -0.3 is 9.84 Å². The average Bonchev–Trinajstić information content (AvgIpc) is 3.13. The molecule has 7 heteroatoms. The molecule has 212 valence electrons. The van der Waals surface area contributed by atoms with Crippen LogP contribution in [0.5, 0.6) is 0 Å². The third-order valence-electron chi connectivity index (χ3n) is 11.4. The van der Waals surface area contributed by atoms with Crippen LogP contribution in [0.4, 0.5) is 13.2 Å². The van der Waals surface area contributed by atoms with Crippen LogP contribution in [0.25, 0.3) is 0 Å². The van der Waals surface area contributed by atoms with Crippen LogP contribution in [-0.4, -0.2) is 34.2 Å². The first-order valence-electron chi connectivity index (χ1n) is 14.5. The van der Waals surface area contributed by atoms with Gasteiger partial charge in [-0.05, 0) is 131 Å². The summed E-state index contributed by atoms with van der Waals surface area (Å²) in [7, 11) is 0. The lowest BCUT2D eigenvalue weighted by atomic mass is 9.43. The Labute approximate surface area is 220 Å². The third kappa shape index (κ3) is 5.24. The minimum atomic E-state index is -4.99. The number of rotatable bonds is 5. The Bertz CT molecular complexity index is 894. The van der Waals surface area contributed by atoms with Gasteiger partial charge in [0.25, 0.3) is 5.78 Å². The third-order valence-corrected chi connectivity index (χ3v) is 11.4. The highest BCUT2D eigenvalue weighted by Gasteiger charge is 2.64. The molecule has 0 amide bonds. The minimum Gasteiger partial charge on any atom is -0.460 e. The molecule has 4 rings (SSSR count). The van der Waals surface area contributed by atoms with Crippen LogP contribution < -0.4 is 0 Å². The summed E-state index contributed by atoms with van der Waals surface area (Å²) in [4.78, 5) is 24.4. The van der Waals surface area contributed by atoms with Gasteiger partial charge in [0.1, 0.15) is 11.2 Å². The second kappa shape index (κ2) is 9.52. The quantitative estimate of drug-likeness (QED) is 0.381. The van der Waals surface area contributed by atoms with Crippen LogP contribution in [0.3, 0.4) is 0 Å². The Morgan fingerprint density at radius 3 is 2.22 bits per heavy atom. The first kappa shape index (κ1) is 28.9. The molecule has 0 heterocycles. The Hall–Kier alpha value is -1.11. The fourth-order valence-corrected chi connectivity index (χ4v) is 9.63. The van der Waals surface area contributed by atoms with Gasteiger partial charge in [0, 0.05) is 6.42 Å². The van der Waals surface area contributed by atoms with Crippen molar-refractivity contribution in [3.63, 3.8) is 0 Å². The van der Waals surface area contributed by atoms with E-state index >= 15 is 0 Å². The Morgan fingerprint density at radius 1 is 0.946 bits per heavy atom. The molecule has 0 aromatic rings. The molecule has 4 aliphatic rings. The average molecular weight is 529 g/mol. The van der Waals surface area contributed by atoms with E-state index in [1.165, 1.54) is 12.8 Å². The van der Waals surface area contributed by atoms with Crippen LogP contribution in [0.15, 0.2) is 0 Å². The lowest BCUT2D eigenvalue weighted by Crippen LogP contribution is -2.59. The summed E-state index contributed by atoms with van der Waals surface area (Å²) < 4.78 is 45.1. The SMILES string of the molecule is C[C@H](CCC(=O)OC(C)(C)C)[C@H]1CC[C@H]2[C@@H]3CCC4C[C@@](O)(C(=O)C(F)(F)F)CC[C@]4(C)[C@H]3CC[C@]12C. The summed E-state index contributed by atoms with van der Waals surface area (Å²) in [5.74, 6) is 0.438. The van der Waals surface area contributed by atoms with E-state index in [0.717, 1.165) is 32.1 Å². The monoisotopic (exact) mass is 528 g/mol. The van der Waals surface area contributed by atoms with Gasteiger partial charge >= 0.3 is 12.1 Å². The first-order valence-corrected chi connectivity index (χ1v) is 14.5. The van der Waals surface area contributed by atoms with E-state index in [1.54, 1.807) is 0 Å². The fraction of sp³-hybridized carbons (Fsp3) is 0.933. The number of hydrogen-bond donors (Lipinski definition) is 1. The maximum atomic E-state index is 13.2. The molecule has 0 aromatic carbocycles. The number of carbonyl (C=O) groups excluding carboxylic acids is 2. The summed E-state index contributed by atoms with van der Waals surface area (Å²) in [6.45, 7) is 12.6. The van der Waals surface area contributed by atoms with E-state index in [0.29, 0.717) is 42.4 Å². The van der Waals surface area contributed by atoms with Crippen molar-refractivity contribution in [2.24, 2.45) is 46.3 Å². The molecule has 4 saturated carbocycles. The van der Waals surface area contributed by atoms with E-state index in [2.05, 4.69) is 20.8 Å². The summed E-state index contributed by atoms with van der Waals surface area (Å²) in [6, 6.07) is 0. The van der Waals surface area contributed by atoms with Crippen LogP contribution in [0, 0.1) is 46.3 Å². The van der Waals surface area contributed by atoms with Gasteiger partial charge in [-0.25, -0.2) is 0 Å². The fourth-order valence-electron chi connectivity index (χ4n) is 9.63. The van der Waals surface area contributed by atoms with E-state index in [1.807, 2.05) is 20.8 Å². The number of esters is 1. The first-order chi connectivity index (χ1) is 16.9. The lowest BCUT2D eigenvalue weighted by molar-refractivity contribution is -0.204. The number of carbonyl (C=O) groups is 2. The van der Waals surface area contributed by atoms with Gasteiger partial charge in [-0.2, -0.15) is 13.2 Å². The topological polar surface area (TPSA) is 63.6 Å². The normalized spacial score (nSPS) is 42.8. The number of ketones is 1. The van der Waals surface area contributed by atoms with Crippen molar-refractivity contribution in [3.05, 3.63) is 0 Å². The highest BCUT2D eigenvalue weighted by atomic mass is 19.4. The maximum Gasteiger partial charge on any atom is 0.453 e. The summed E-state index contributed by atoms with van der Waals surface area (Å²) in [5.41, 5.74) is -2.63. The molecular formula is C30H47F3O4. The number of ether oxygens (including phenoxy) is 1. The number of Topliss-reactive ketones (excluding diaryl/α,β-unsaturated/α-hetero) is 1. The molecule has 1 N–H and O–H groups in total. The zero-order chi connectivity index (χ0) is 27.6. The molecule has 0 saturated heterocycles. The van der Waals surface area contributed by atoms with Crippen molar-refractivity contribution in [2.45, 2.75) is 130 Å². The molecule has 0 aromatic heterocycles. The van der Waals surface area contributed by atoms with E-state index in [4.69, 9.17) is 4.74 Å². The van der Waals surface area contributed by atoms with Gasteiger partial charge in [-0.1, -0.05) is 20.8 Å². The van der Waals surface area contributed by atoms with Gasteiger partial charge in [-0.15, -0.1) is 0 Å². The van der Waals surface area contributed by atoms with Crippen LogP contribution >= 0.6 is 0 Å². The molecule has 0 radical (unpaired) electrons. The Morgan fingerprint density at radius 2 is 1.59 bits per heavy atom. The van der Waals surface area contributed by atoms with Crippen LogP contribution in [-0.2, 0) is 14.3 Å². The maximum absolute atomic E-state index is 13.2. The van der Waals surface area contributed by atoms with Crippen molar-refractivity contribution in [3.8, 4) is 0 Å². The number of aliphatic hydroxyl groups is 1. The number of hydrogen-bond acceptors (Lipinski definition) is 4. The van der Waals surface area contributed by atoms with Crippen molar-refractivity contribution >= 4 is 11.8 Å². The van der Waals surface area contributed by atoms with Crippen molar-refractivity contribution in [2.75, 3.05) is 0 Å². The molecule has 4 fully saturated rings. The molecule has 37 heavy (non-hydrogen) atoms. The van der Waals surface area contributed by atoms with Gasteiger partial charge in [0.05, 0.1) is 0 Å². The van der Waals surface area contributed by atoms with Crippen molar-refractivity contribution in [1.29, 1.82) is 0 Å². The van der Waals surface area contributed by atoms with Crippen LogP contribution in [0.2, 0.25) is 0 Å². The van der Waals surface area contributed by atoms with Crippen LogP contribution in [0.1, 0.15) is 112 Å². The Kier molecular flexibility index (Phi) is 7.43. The largest absolute Gasteiger partial charge is 0.460 e. The second-order valence-corrected chi connectivity index (χ2v) is 14.6. The van der Waals surface area contributed by atoms with Gasteiger partial charge in [0.15, 0.2) is 0 Å². The molecule has 0 bridgehead atoms. The smallest absolute Gasteiger partial charge is 0.453 e. The molecule has 4 nitrogen and oxygen atoms in total. The van der Waals surface area contributed by atoms with Gasteiger partial charge in [0.2, 0.25) is 0 Å². The summed E-state index contributed by atoms with van der Waals surface area (Å²) in [5, 5.41) is 10.8. The standard InChI is InChI=1S/C30H47F3O4/c1-18(7-12-24(34)37-26(2,3)4)21-10-11-22-20-9-8-19-17-29(36,25(35)30(31,32)33)16-15-27(19,5)23(20)13-14-28(21,22)6/h18-23,36H,7-17H2,1-6H3/t18-,19?,20+,21-,22+,23+,27+,28-,29-/m1/s1. The predicted molar refractivity (Wildman–Crippen MR) is 135 cm³/mol. The van der Waals surface area contributed by atoms with Crippen molar-refractivity contribution < 1.29 is 32.6 Å². The summed E-state index contributed by atoms with van der Waals surface area (Å²) in [6.07, 6.45) is 2.89. The predicted octanol–water partition coefficient (Wildman–Crippen LogP) is 7.27. The summed E-state index contributed by atoms with van der Waals surface area (Å²) >= 11 is 0.